The molecule has 3 rings (SSSR count). The van der Waals surface area contributed by atoms with Crippen molar-refractivity contribution in [3.05, 3.63) is 54.3 Å². The number of carbonyl (C=O) groups is 1. The predicted octanol–water partition coefficient (Wildman–Crippen LogP) is 4.23. The van der Waals surface area contributed by atoms with E-state index in [9.17, 15) is 9.18 Å². The van der Waals surface area contributed by atoms with Crippen LogP contribution in [0.2, 0.25) is 0 Å². The Bertz CT molecular complexity index is 926. The summed E-state index contributed by atoms with van der Waals surface area (Å²) in [5.41, 5.74) is 1.49. The van der Waals surface area contributed by atoms with Crippen molar-refractivity contribution < 1.29 is 13.9 Å². The highest BCUT2D eigenvalue weighted by atomic mass is 32.2. The largest absolute Gasteiger partial charge is 0.494 e. The van der Waals surface area contributed by atoms with Gasteiger partial charge in [-0.15, -0.1) is 10.2 Å². The Morgan fingerprint density at radius 2 is 1.82 bits per heavy atom. The van der Waals surface area contributed by atoms with Crippen LogP contribution in [0.4, 0.5) is 10.1 Å². The Kier molecular flexibility index (Phi) is 6.65. The minimum absolute atomic E-state index is 0.136. The summed E-state index contributed by atoms with van der Waals surface area (Å²) in [7, 11) is 0. The fourth-order valence-electron chi connectivity index (χ4n) is 2.62. The number of halogens is 1. The van der Waals surface area contributed by atoms with Crippen molar-refractivity contribution in [3.63, 3.8) is 0 Å². The molecule has 1 aromatic heterocycles. The molecule has 8 heteroatoms. The Morgan fingerprint density at radius 3 is 2.46 bits per heavy atom. The van der Waals surface area contributed by atoms with E-state index in [1.54, 1.807) is 24.3 Å². The van der Waals surface area contributed by atoms with Crippen molar-refractivity contribution in [1.82, 2.24) is 14.8 Å². The van der Waals surface area contributed by atoms with Crippen LogP contribution in [0.25, 0.3) is 11.4 Å². The molecule has 146 valence electrons. The Morgan fingerprint density at radius 1 is 1.11 bits per heavy atom. The van der Waals surface area contributed by atoms with E-state index in [1.165, 1.54) is 23.9 Å². The van der Waals surface area contributed by atoms with Gasteiger partial charge in [0.1, 0.15) is 11.6 Å². The quantitative estimate of drug-likeness (QED) is 0.573. The Labute approximate surface area is 167 Å². The number of rotatable bonds is 8. The third kappa shape index (κ3) is 4.89. The molecule has 0 saturated heterocycles. The summed E-state index contributed by atoms with van der Waals surface area (Å²) in [6.07, 6.45) is 0. The summed E-state index contributed by atoms with van der Waals surface area (Å²) in [6.45, 7) is 5.13. The first-order chi connectivity index (χ1) is 13.6. The van der Waals surface area contributed by atoms with Crippen molar-refractivity contribution in [2.75, 3.05) is 17.7 Å². The van der Waals surface area contributed by atoms with Gasteiger partial charge >= 0.3 is 0 Å². The number of nitrogens with one attached hydrogen (secondary N) is 1. The highest BCUT2D eigenvalue weighted by Gasteiger charge is 2.14. The van der Waals surface area contributed by atoms with E-state index in [1.807, 2.05) is 30.5 Å². The van der Waals surface area contributed by atoms with E-state index in [2.05, 4.69) is 15.5 Å². The van der Waals surface area contributed by atoms with Crippen molar-refractivity contribution in [1.29, 1.82) is 0 Å². The molecule has 0 spiro atoms. The van der Waals surface area contributed by atoms with E-state index in [0.29, 0.717) is 29.8 Å². The van der Waals surface area contributed by atoms with Crippen LogP contribution in [0.15, 0.2) is 53.7 Å². The van der Waals surface area contributed by atoms with Crippen LogP contribution in [0.1, 0.15) is 13.8 Å². The first-order valence-electron chi connectivity index (χ1n) is 8.95. The number of amides is 1. The van der Waals surface area contributed by atoms with E-state index >= 15 is 0 Å². The Balaban J connectivity index is 1.62. The molecule has 0 saturated carbocycles. The maximum absolute atomic E-state index is 13.1. The maximum Gasteiger partial charge on any atom is 0.234 e. The summed E-state index contributed by atoms with van der Waals surface area (Å²) in [5.74, 6) is 1.18. The number of anilines is 1. The van der Waals surface area contributed by atoms with E-state index in [0.717, 1.165) is 11.3 Å². The second-order valence-corrected chi connectivity index (χ2v) is 6.79. The monoisotopic (exact) mass is 400 g/mol. The second kappa shape index (κ2) is 9.36. The van der Waals surface area contributed by atoms with Crippen LogP contribution >= 0.6 is 11.8 Å². The van der Waals surface area contributed by atoms with Gasteiger partial charge in [-0.1, -0.05) is 11.8 Å². The smallest absolute Gasteiger partial charge is 0.234 e. The van der Waals surface area contributed by atoms with Crippen molar-refractivity contribution in [2.24, 2.45) is 0 Å². The number of carbonyl (C=O) groups excluding carboxylic acids is 1. The first-order valence-corrected chi connectivity index (χ1v) is 9.94. The molecule has 6 nitrogen and oxygen atoms in total. The van der Waals surface area contributed by atoms with Crippen molar-refractivity contribution >= 4 is 23.4 Å². The molecule has 3 aromatic rings. The van der Waals surface area contributed by atoms with Crippen LogP contribution < -0.4 is 10.1 Å². The van der Waals surface area contributed by atoms with Gasteiger partial charge in [0, 0.05) is 17.8 Å². The molecule has 0 unspecified atom stereocenters. The predicted molar refractivity (Wildman–Crippen MR) is 108 cm³/mol. The molecular formula is C20H21FN4O2S. The van der Waals surface area contributed by atoms with Crippen LogP contribution in [0, 0.1) is 5.82 Å². The van der Waals surface area contributed by atoms with Gasteiger partial charge in [-0.05, 0) is 62.4 Å². The molecule has 2 aromatic carbocycles. The molecule has 0 fully saturated rings. The maximum atomic E-state index is 13.1. The summed E-state index contributed by atoms with van der Waals surface area (Å²) in [5, 5.41) is 11.9. The zero-order chi connectivity index (χ0) is 19.9. The SMILES string of the molecule is CCOc1ccc(NC(=O)CSc2nnc(-c3ccc(F)cc3)n2CC)cc1. The van der Waals surface area contributed by atoms with E-state index in [-0.39, 0.29) is 17.5 Å². The fraction of sp³-hybridized carbons (Fsp3) is 0.250. The molecule has 0 aliphatic heterocycles. The lowest BCUT2D eigenvalue weighted by atomic mass is 10.2. The van der Waals surface area contributed by atoms with Crippen molar-refractivity contribution in [3.8, 4) is 17.1 Å². The van der Waals surface area contributed by atoms with Gasteiger partial charge < -0.3 is 14.6 Å². The number of aromatic nitrogens is 3. The molecule has 1 heterocycles. The Hall–Kier alpha value is -2.87. The average molecular weight is 400 g/mol. The van der Waals surface area contributed by atoms with Gasteiger partial charge in [-0.25, -0.2) is 4.39 Å². The molecule has 0 bridgehead atoms. The molecule has 0 atom stereocenters. The number of hydrogen-bond donors (Lipinski definition) is 1. The zero-order valence-corrected chi connectivity index (χ0v) is 16.5. The van der Waals surface area contributed by atoms with Crippen LogP contribution in [0.5, 0.6) is 5.75 Å². The topological polar surface area (TPSA) is 69.0 Å². The molecule has 0 aliphatic rings. The number of nitrogens with zero attached hydrogens (tertiary/aromatic N) is 3. The summed E-state index contributed by atoms with van der Waals surface area (Å²) < 4.78 is 20.4. The second-order valence-electron chi connectivity index (χ2n) is 5.85. The third-order valence-electron chi connectivity index (χ3n) is 3.92. The molecule has 1 amide bonds. The molecule has 1 N–H and O–H groups in total. The first kappa shape index (κ1) is 19.9. The summed E-state index contributed by atoms with van der Waals surface area (Å²) >= 11 is 1.31. The number of hydrogen-bond acceptors (Lipinski definition) is 5. The van der Waals surface area contributed by atoms with Gasteiger partial charge in [0.2, 0.25) is 5.91 Å². The van der Waals surface area contributed by atoms with Gasteiger partial charge in [0.25, 0.3) is 0 Å². The minimum atomic E-state index is -0.299. The van der Waals surface area contributed by atoms with Crippen molar-refractivity contribution in [2.45, 2.75) is 25.5 Å². The van der Waals surface area contributed by atoms with Gasteiger partial charge in [0.05, 0.1) is 12.4 Å². The van der Waals surface area contributed by atoms with Gasteiger partial charge in [-0.2, -0.15) is 0 Å². The lowest BCUT2D eigenvalue weighted by Gasteiger charge is -2.08. The van der Waals surface area contributed by atoms with Gasteiger partial charge in [0.15, 0.2) is 11.0 Å². The number of ether oxygens (including phenoxy) is 1. The lowest BCUT2D eigenvalue weighted by Crippen LogP contribution is -2.14. The zero-order valence-electron chi connectivity index (χ0n) is 15.7. The van der Waals surface area contributed by atoms with Crippen LogP contribution in [0.3, 0.4) is 0 Å². The van der Waals surface area contributed by atoms with E-state index < -0.39 is 0 Å². The molecule has 0 radical (unpaired) electrons. The minimum Gasteiger partial charge on any atom is -0.494 e. The van der Waals surface area contributed by atoms with E-state index in [4.69, 9.17) is 4.74 Å². The number of benzene rings is 2. The highest BCUT2D eigenvalue weighted by molar-refractivity contribution is 7.99. The fourth-order valence-corrected chi connectivity index (χ4v) is 3.42. The molecular weight excluding hydrogens is 379 g/mol. The third-order valence-corrected chi connectivity index (χ3v) is 4.88. The molecule has 28 heavy (non-hydrogen) atoms. The molecule has 0 aliphatic carbocycles. The normalized spacial score (nSPS) is 10.7. The summed E-state index contributed by atoms with van der Waals surface area (Å²) in [4.78, 5) is 12.2. The standard InChI is InChI=1S/C20H21FN4O2S/c1-3-25-19(14-5-7-15(21)8-6-14)23-24-20(25)28-13-18(26)22-16-9-11-17(12-10-16)27-4-2/h5-12H,3-4,13H2,1-2H3,(H,22,26). The highest BCUT2D eigenvalue weighted by Crippen LogP contribution is 2.24. The average Bonchev–Trinajstić information content (AvgIpc) is 3.11. The van der Waals surface area contributed by atoms with Crippen LogP contribution in [-0.4, -0.2) is 33.0 Å². The lowest BCUT2D eigenvalue weighted by molar-refractivity contribution is -0.113. The summed E-state index contributed by atoms with van der Waals surface area (Å²) in [6, 6.07) is 13.3. The van der Waals surface area contributed by atoms with Gasteiger partial charge in [-0.3, -0.25) is 4.79 Å². The number of thioether (sulfide) groups is 1. The van der Waals surface area contributed by atoms with Crippen LogP contribution in [-0.2, 0) is 11.3 Å².